The molecule has 0 saturated carbocycles. The van der Waals surface area contributed by atoms with Crippen molar-refractivity contribution < 1.29 is 19.2 Å². The van der Waals surface area contributed by atoms with E-state index in [-0.39, 0.29) is 12.3 Å². The van der Waals surface area contributed by atoms with Crippen LogP contribution in [0.4, 0.5) is 5.69 Å². The quantitative estimate of drug-likeness (QED) is 0.460. The van der Waals surface area contributed by atoms with Crippen molar-refractivity contribution in [3.63, 3.8) is 0 Å². The van der Waals surface area contributed by atoms with E-state index in [2.05, 4.69) is 5.32 Å². The minimum absolute atomic E-state index is 0.0392. The highest BCUT2D eigenvalue weighted by Crippen LogP contribution is 2.34. The number of aliphatic hydroxyl groups excluding tert-OH is 1. The minimum Gasteiger partial charge on any atom is -0.497 e. The zero-order chi connectivity index (χ0) is 15.2. The van der Waals surface area contributed by atoms with E-state index in [9.17, 15) is 10.1 Å². The molecule has 0 atom stereocenters. The number of benzene rings is 1. The van der Waals surface area contributed by atoms with Gasteiger partial charge in [-0.1, -0.05) is 0 Å². The largest absolute Gasteiger partial charge is 0.497 e. The topological polar surface area (TPSA) is 97.8 Å². The summed E-state index contributed by atoms with van der Waals surface area (Å²) in [5.74, 6) is 1.48. The highest BCUT2D eigenvalue weighted by molar-refractivity contribution is 5.71. The first-order chi connectivity index (χ1) is 10.2. The van der Waals surface area contributed by atoms with E-state index < -0.39 is 4.92 Å². The minimum atomic E-state index is -0.468. The highest BCUT2D eigenvalue weighted by atomic mass is 16.6. The molecule has 0 spiro atoms. The lowest BCUT2D eigenvalue weighted by Gasteiger charge is -2.03. The summed E-state index contributed by atoms with van der Waals surface area (Å²) in [6, 6.07) is 8.04. The smallest absolute Gasteiger partial charge is 0.284 e. The van der Waals surface area contributed by atoms with Crippen molar-refractivity contribution in [3.05, 3.63) is 46.2 Å². The lowest BCUT2D eigenvalue weighted by Crippen LogP contribution is -2.16. The van der Waals surface area contributed by atoms with Crippen LogP contribution in [0.2, 0.25) is 0 Å². The summed E-state index contributed by atoms with van der Waals surface area (Å²) in [4.78, 5) is 10.7. The molecule has 0 fully saturated rings. The average molecular weight is 292 g/mol. The zero-order valence-corrected chi connectivity index (χ0v) is 11.5. The van der Waals surface area contributed by atoms with Gasteiger partial charge in [0.25, 0.3) is 5.69 Å². The van der Waals surface area contributed by atoms with Gasteiger partial charge >= 0.3 is 0 Å². The monoisotopic (exact) mass is 292 g/mol. The fourth-order valence-electron chi connectivity index (χ4n) is 1.91. The van der Waals surface area contributed by atoms with Crippen molar-refractivity contribution in [3.8, 4) is 17.1 Å². The summed E-state index contributed by atoms with van der Waals surface area (Å²) in [6.45, 7) is 0.945. The second kappa shape index (κ2) is 6.87. The van der Waals surface area contributed by atoms with E-state index in [4.69, 9.17) is 14.3 Å². The normalized spacial score (nSPS) is 10.6. The maximum atomic E-state index is 11.1. The summed E-state index contributed by atoms with van der Waals surface area (Å²) in [5, 5.41) is 22.8. The molecule has 0 aliphatic rings. The van der Waals surface area contributed by atoms with Crippen molar-refractivity contribution >= 4 is 5.69 Å². The third kappa shape index (κ3) is 3.59. The molecule has 1 aromatic carbocycles. The Labute approximate surface area is 121 Å². The molecule has 1 heterocycles. The number of aliphatic hydroxyl groups is 1. The average Bonchev–Trinajstić information content (AvgIpc) is 2.95. The van der Waals surface area contributed by atoms with Crippen LogP contribution in [0, 0.1) is 10.1 Å². The van der Waals surface area contributed by atoms with Crippen LogP contribution in [0.3, 0.4) is 0 Å². The molecular weight excluding hydrogens is 276 g/mol. The predicted octanol–water partition coefficient (Wildman–Crippen LogP) is 1.95. The van der Waals surface area contributed by atoms with Crippen molar-refractivity contribution in [2.75, 3.05) is 20.3 Å². The van der Waals surface area contributed by atoms with Crippen LogP contribution in [0.25, 0.3) is 11.3 Å². The number of hydrogen-bond acceptors (Lipinski definition) is 6. The third-order valence-corrected chi connectivity index (χ3v) is 2.92. The van der Waals surface area contributed by atoms with Gasteiger partial charge in [0.15, 0.2) is 0 Å². The van der Waals surface area contributed by atoms with E-state index in [0.717, 1.165) is 0 Å². The zero-order valence-electron chi connectivity index (χ0n) is 11.5. The van der Waals surface area contributed by atoms with Crippen LogP contribution in [0.15, 0.2) is 34.7 Å². The summed E-state index contributed by atoms with van der Waals surface area (Å²) in [6.07, 6.45) is 0. The van der Waals surface area contributed by atoms with Crippen LogP contribution in [-0.2, 0) is 6.54 Å². The SMILES string of the molecule is COc1ccc(-c2ccc(CNCCO)o2)c([N+](=O)[O-])c1. The van der Waals surface area contributed by atoms with Gasteiger partial charge in [-0.3, -0.25) is 10.1 Å². The molecule has 112 valence electrons. The summed E-state index contributed by atoms with van der Waals surface area (Å²) >= 11 is 0. The lowest BCUT2D eigenvalue weighted by atomic mass is 10.1. The van der Waals surface area contributed by atoms with Gasteiger partial charge in [-0.05, 0) is 24.3 Å². The Morgan fingerprint density at radius 2 is 2.19 bits per heavy atom. The number of nitrogens with one attached hydrogen (secondary N) is 1. The maximum absolute atomic E-state index is 11.1. The molecular formula is C14H16N2O5. The molecule has 2 N–H and O–H groups in total. The summed E-state index contributed by atoms with van der Waals surface area (Å²) in [5.41, 5.74) is 0.327. The van der Waals surface area contributed by atoms with Crippen molar-refractivity contribution in [2.45, 2.75) is 6.54 Å². The standard InChI is InChI=1S/C14H16N2O5/c1-20-10-2-4-12(13(8-10)16(18)19)14-5-3-11(21-14)9-15-6-7-17/h2-5,8,15,17H,6-7,9H2,1H3. The first-order valence-corrected chi connectivity index (χ1v) is 6.38. The first kappa shape index (κ1) is 15.0. The molecule has 0 unspecified atom stereocenters. The summed E-state index contributed by atoms with van der Waals surface area (Å²) in [7, 11) is 1.45. The number of methoxy groups -OCH3 is 1. The molecule has 0 radical (unpaired) electrons. The van der Waals surface area contributed by atoms with Crippen molar-refractivity contribution in [1.82, 2.24) is 5.32 Å². The lowest BCUT2D eigenvalue weighted by molar-refractivity contribution is -0.384. The first-order valence-electron chi connectivity index (χ1n) is 6.38. The third-order valence-electron chi connectivity index (χ3n) is 2.92. The fourth-order valence-corrected chi connectivity index (χ4v) is 1.91. The highest BCUT2D eigenvalue weighted by Gasteiger charge is 2.19. The van der Waals surface area contributed by atoms with Gasteiger partial charge < -0.3 is 19.6 Å². The molecule has 0 aliphatic heterocycles. The number of ether oxygens (including phenoxy) is 1. The molecule has 7 heteroatoms. The number of nitrogens with zero attached hydrogens (tertiary/aromatic N) is 1. The Kier molecular flexibility index (Phi) is 4.91. The van der Waals surface area contributed by atoms with Gasteiger partial charge in [-0.25, -0.2) is 0 Å². The van der Waals surface area contributed by atoms with Gasteiger partial charge in [0.2, 0.25) is 0 Å². The van der Waals surface area contributed by atoms with Gasteiger partial charge in [0, 0.05) is 6.54 Å². The Morgan fingerprint density at radius 3 is 2.86 bits per heavy atom. The second-order valence-electron chi connectivity index (χ2n) is 4.31. The van der Waals surface area contributed by atoms with Gasteiger partial charge in [0.1, 0.15) is 17.3 Å². The van der Waals surface area contributed by atoms with Crippen LogP contribution >= 0.6 is 0 Å². The summed E-state index contributed by atoms with van der Waals surface area (Å²) < 4.78 is 10.6. The number of furan rings is 1. The molecule has 7 nitrogen and oxygen atoms in total. The van der Waals surface area contributed by atoms with E-state index in [1.54, 1.807) is 24.3 Å². The van der Waals surface area contributed by atoms with E-state index in [0.29, 0.717) is 35.9 Å². The Hall–Kier alpha value is -2.38. The number of nitro groups is 1. The Morgan fingerprint density at radius 1 is 1.38 bits per heavy atom. The number of hydrogen-bond donors (Lipinski definition) is 2. The fraction of sp³-hybridized carbons (Fsp3) is 0.286. The van der Waals surface area contributed by atoms with Crippen LogP contribution < -0.4 is 10.1 Å². The van der Waals surface area contributed by atoms with E-state index >= 15 is 0 Å². The van der Waals surface area contributed by atoms with Crippen LogP contribution in [-0.4, -0.2) is 30.3 Å². The van der Waals surface area contributed by atoms with E-state index in [1.807, 2.05) is 0 Å². The Balaban J connectivity index is 2.27. The van der Waals surface area contributed by atoms with Crippen LogP contribution in [0.1, 0.15) is 5.76 Å². The van der Waals surface area contributed by atoms with E-state index in [1.165, 1.54) is 13.2 Å². The maximum Gasteiger partial charge on any atom is 0.284 e. The van der Waals surface area contributed by atoms with Crippen molar-refractivity contribution in [1.29, 1.82) is 0 Å². The molecule has 0 saturated heterocycles. The Bertz CT molecular complexity index is 624. The molecule has 0 aliphatic carbocycles. The number of nitro benzene ring substituents is 1. The molecule has 1 aromatic heterocycles. The number of rotatable bonds is 7. The van der Waals surface area contributed by atoms with Crippen LogP contribution in [0.5, 0.6) is 5.75 Å². The van der Waals surface area contributed by atoms with Gasteiger partial charge in [-0.15, -0.1) is 0 Å². The predicted molar refractivity (Wildman–Crippen MR) is 76.1 cm³/mol. The van der Waals surface area contributed by atoms with Crippen molar-refractivity contribution in [2.24, 2.45) is 0 Å². The van der Waals surface area contributed by atoms with Gasteiger partial charge in [0.05, 0.1) is 36.8 Å². The molecule has 2 aromatic rings. The molecule has 0 amide bonds. The molecule has 2 rings (SSSR count). The molecule has 21 heavy (non-hydrogen) atoms. The second-order valence-corrected chi connectivity index (χ2v) is 4.31. The van der Waals surface area contributed by atoms with Gasteiger partial charge in [-0.2, -0.15) is 0 Å². The molecule has 0 bridgehead atoms.